The topological polar surface area (TPSA) is 9.86 Å². The maximum Gasteiger partial charge on any atom is 0.0541 e. The van der Waals surface area contributed by atoms with Crippen LogP contribution in [-0.2, 0) is 6.42 Å². The summed E-state index contributed by atoms with van der Waals surface area (Å²) in [4.78, 5) is 0. The highest BCUT2D eigenvalue weighted by atomic mass is 15.0. The van der Waals surface area contributed by atoms with Gasteiger partial charge in [0, 0.05) is 32.9 Å². The third kappa shape index (κ3) is 4.97. The summed E-state index contributed by atoms with van der Waals surface area (Å²) in [5, 5.41) is 5.01. The summed E-state index contributed by atoms with van der Waals surface area (Å²) < 4.78 is 4.80. The van der Waals surface area contributed by atoms with Crippen LogP contribution >= 0.6 is 0 Å². The molecule has 2 aromatic heterocycles. The van der Waals surface area contributed by atoms with E-state index >= 15 is 0 Å². The lowest BCUT2D eigenvalue weighted by molar-refractivity contribution is 1.18. The number of para-hydroxylation sites is 3. The van der Waals surface area contributed by atoms with Gasteiger partial charge in [0.15, 0.2) is 0 Å². The molecule has 0 saturated carbocycles. The zero-order chi connectivity index (χ0) is 37.5. The van der Waals surface area contributed by atoms with Gasteiger partial charge < -0.3 is 9.13 Å². The van der Waals surface area contributed by atoms with Gasteiger partial charge in [-0.05, 0) is 135 Å². The Labute approximate surface area is 331 Å². The predicted octanol–water partition coefficient (Wildman–Crippen LogP) is 14.5. The summed E-state index contributed by atoms with van der Waals surface area (Å²) in [5.41, 5.74) is 20.0. The molecule has 0 aliphatic heterocycles. The molecule has 57 heavy (non-hydrogen) atoms. The van der Waals surface area contributed by atoms with Gasteiger partial charge in [-0.3, -0.25) is 0 Å². The highest BCUT2D eigenvalue weighted by Gasteiger charge is 2.21. The molecule has 1 aliphatic carbocycles. The molecule has 0 radical (unpaired) electrons. The van der Waals surface area contributed by atoms with E-state index in [0.717, 1.165) is 12.1 Å². The van der Waals surface area contributed by atoms with Crippen LogP contribution < -0.4 is 0 Å². The largest absolute Gasteiger partial charge is 0.309 e. The Morgan fingerprint density at radius 3 is 1.26 bits per heavy atom. The number of aromatic nitrogens is 2. The average molecular weight is 725 g/mol. The van der Waals surface area contributed by atoms with Crippen molar-refractivity contribution in [2.24, 2.45) is 0 Å². The first-order chi connectivity index (χ1) is 28.3. The van der Waals surface area contributed by atoms with Crippen LogP contribution in [0, 0.1) is 0 Å². The molecule has 1 aliphatic rings. The molecular formula is C55H36N2. The number of rotatable bonds is 4. The van der Waals surface area contributed by atoms with Gasteiger partial charge in [0.25, 0.3) is 0 Å². The maximum absolute atomic E-state index is 2.42. The van der Waals surface area contributed by atoms with Gasteiger partial charge in [-0.25, -0.2) is 0 Å². The van der Waals surface area contributed by atoms with Crippen molar-refractivity contribution in [3.05, 3.63) is 217 Å². The average Bonchev–Trinajstić information content (AvgIpc) is 3.74. The summed E-state index contributed by atoms with van der Waals surface area (Å²) in [6, 6.07) is 76.1. The normalized spacial score (nSPS) is 12.1. The first-order valence-electron chi connectivity index (χ1n) is 19.8. The van der Waals surface area contributed by atoms with E-state index in [-0.39, 0.29) is 0 Å². The summed E-state index contributed by atoms with van der Waals surface area (Å²) >= 11 is 0. The number of nitrogens with zero attached hydrogens (tertiary/aromatic N) is 2. The number of hydrogen-bond acceptors (Lipinski definition) is 0. The quantitative estimate of drug-likeness (QED) is 0.171. The summed E-state index contributed by atoms with van der Waals surface area (Å²) in [7, 11) is 0. The van der Waals surface area contributed by atoms with Crippen molar-refractivity contribution < 1.29 is 0 Å². The molecule has 2 heterocycles. The SMILES string of the molecule is c1ccc(-n2c3ccccc3c3cc(-c4ccc5c(c4)c4cc(-c6ccc7c(c6)-c6ccccc6-c6ccccc6C7)ccc4n5-c4ccccc4)ccc32)cc1. The van der Waals surface area contributed by atoms with E-state index in [1.807, 2.05) is 0 Å². The van der Waals surface area contributed by atoms with Gasteiger partial charge in [0.1, 0.15) is 0 Å². The summed E-state index contributed by atoms with van der Waals surface area (Å²) in [6.45, 7) is 0. The first kappa shape index (κ1) is 31.9. The Hall–Kier alpha value is -7.42. The fraction of sp³-hybridized carbons (Fsp3) is 0.0182. The Morgan fingerprint density at radius 1 is 0.263 bits per heavy atom. The minimum absolute atomic E-state index is 0.922. The van der Waals surface area contributed by atoms with Crippen molar-refractivity contribution in [1.82, 2.24) is 9.13 Å². The van der Waals surface area contributed by atoms with Crippen molar-refractivity contribution in [2.75, 3.05) is 0 Å². The maximum atomic E-state index is 2.42. The van der Waals surface area contributed by atoms with Crippen LogP contribution in [0.3, 0.4) is 0 Å². The lowest BCUT2D eigenvalue weighted by atomic mass is 9.91. The van der Waals surface area contributed by atoms with E-state index < -0.39 is 0 Å². The molecule has 0 spiro atoms. The van der Waals surface area contributed by atoms with Crippen LogP contribution in [0.5, 0.6) is 0 Å². The molecule has 0 N–H and O–H groups in total. The van der Waals surface area contributed by atoms with E-state index in [1.165, 1.54) is 105 Å². The van der Waals surface area contributed by atoms with E-state index in [2.05, 4.69) is 215 Å². The molecule has 0 atom stereocenters. The molecule has 0 unspecified atom stereocenters. The van der Waals surface area contributed by atoms with Crippen LogP contribution in [0.2, 0.25) is 0 Å². The van der Waals surface area contributed by atoms with E-state index in [4.69, 9.17) is 0 Å². The molecular weight excluding hydrogens is 689 g/mol. The fourth-order valence-corrected chi connectivity index (χ4v) is 9.50. The van der Waals surface area contributed by atoms with E-state index in [0.29, 0.717) is 0 Å². The van der Waals surface area contributed by atoms with Crippen LogP contribution in [-0.4, -0.2) is 9.13 Å². The lowest BCUT2D eigenvalue weighted by Gasteiger charge is -2.13. The van der Waals surface area contributed by atoms with Gasteiger partial charge in [0.05, 0.1) is 22.1 Å². The molecule has 0 saturated heterocycles. The Bertz CT molecular complexity index is 3360. The van der Waals surface area contributed by atoms with Crippen LogP contribution in [0.25, 0.3) is 99.5 Å². The molecule has 2 heteroatoms. The van der Waals surface area contributed by atoms with Gasteiger partial charge in [-0.1, -0.05) is 133 Å². The number of fused-ring (bicyclic) bond motifs is 11. The second-order valence-electron chi connectivity index (χ2n) is 15.3. The van der Waals surface area contributed by atoms with E-state index in [9.17, 15) is 0 Å². The molecule has 0 amide bonds. The zero-order valence-corrected chi connectivity index (χ0v) is 31.2. The van der Waals surface area contributed by atoms with Gasteiger partial charge >= 0.3 is 0 Å². The zero-order valence-electron chi connectivity index (χ0n) is 31.2. The highest BCUT2D eigenvalue weighted by Crippen LogP contribution is 2.43. The van der Waals surface area contributed by atoms with Gasteiger partial charge in [-0.2, -0.15) is 0 Å². The number of benzene rings is 9. The Morgan fingerprint density at radius 2 is 0.667 bits per heavy atom. The first-order valence-corrected chi connectivity index (χ1v) is 19.8. The highest BCUT2D eigenvalue weighted by molar-refractivity contribution is 6.13. The van der Waals surface area contributed by atoms with E-state index in [1.54, 1.807) is 0 Å². The smallest absolute Gasteiger partial charge is 0.0541 e. The van der Waals surface area contributed by atoms with Crippen LogP contribution in [0.4, 0.5) is 0 Å². The van der Waals surface area contributed by atoms with Gasteiger partial charge in [0.2, 0.25) is 0 Å². The third-order valence-electron chi connectivity index (χ3n) is 12.1. The van der Waals surface area contributed by atoms with Crippen molar-refractivity contribution in [3.63, 3.8) is 0 Å². The van der Waals surface area contributed by atoms with Crippen molar-refractivity contribution >= 4 is 43.6 Å². The Balaban J connectivity index is 1.04. The fourth-order valence-electron chi connectivity index (χ4n) is 9.50. The molecule has 0 bridgehead atoms. The predicted molar refractivity (Wildman–Crippen MR) is 240 cm³/mol. The molecule has 11 aromatic rings. The Kier molecular flexibility index (Phi) is 7.02. The molecule has 0 fully saturated rings. The minimum Gasteiger partial charge on any atom is -0.309 e. The number of hydrogen-bond donors (Lipinski definition) is 0. The lowest BCUT2D eigenvalue weighted by Crippen LogP contribution is -1.93. The second-order valence-corrected chi connectivity index (χ2v) is 15.3. The standard InChI is InChI=1S/C55H36N2/c1-3-14-42(15-4-1)56-52-22-12-11-21-47(52)49-33-37(25-28-53(49)56)39-27-30-55-51(35-39)50-34-38(26-29-54(50)57(55)43-16-5-2-6-17-43)36-23-24-41-31-40-13-7-8-18-44(40)45-19-9-10-20-46(45)48(41)32-36/h1-30,32-35H,31H2. The molecule has 9 aromatic carbocycles. The van der Waals surface area contributed by atoms with Crippen molar-refractivity contribution in [2.45, 2.75) is 6.42 Å². The molecule has 2 nitrogen and oxygen atoms in total. The van der Waals surface area contributed by atoms with Crippen molar-refractivity contribution in [3.8, 4) is 55.9 Å². The summed E-state index contributed by atoms with van der Waals surface area (Å²) in [6.07, 6.45) is 0.922. The second kappa shape index (κ2) is 12.6. The van der Waals surface area contributed by atoms with Crippen LogP contribution in [0.1, 0.15) is 11.1 Å². The van der Waals surface area contributed by atoms with Crippen LogP contribution in [0.15, 0.2) is 206 Å². The summed E-state index contributed by atoms with van der Waals surface area (Å²) in [5.74, 6) is 0. The monoisotopic (exact) mass is 724 g/mol. The molecule has 12 rings (SSSR count). The molecule has 266 valence electrons. The minimum atomic E-state index is 0.922. The van der Waals surface area contributed by atoms with Crippen molar-refractivity contribution in [1.29, 1.82) is 0 Å². The third-order valence-corrected chi connectivity index (χ3v) is 12.1. The van der Waals surface area contributed by atoms with Gasteiger partial charge in [-0.15, -0.1) is 0 Å².